The lowest BCUT2D eigenvalue weighted by molar-refractivity contribution is 1.31. The Hall–Kier alpha value is -1.39. The predicted octanol–water partition coefficient (Wildman–Crippen LogP) is 4.75. The first-order valence-electron chi connectivity index (χ1n) is 6.32. The van der Waals surface area contributed by atoms with Gasteiger partial charge in [-0.3, -0.25) is 0 Å². The van der Waals surface area contributed by atoms with Crippen LogP contribution >= 0.6 is 28.1 Å². The molecule has 20 heavy (non-hydrogen) atoms. The van der Waals surface area contributed by atoms with Crippen molar-refractivity contribution in [1.82, 2.24) is 0 Å². The molecule has 0 saturated carbocycles. The molecule has 0 aromatic heterocycles. The molecule has 3 N–H and O–H groups in total. The van der Waals surface area contributed by atoms with E-state index in [0.717, 1.165) is 21.4 Å². The zero-order valence-electron chi connectivity index (χ0n) is 11.8. The predicted molar refractivity (Wildman–Crippen MR) is 94.0 cm³/mol. The molecule has 0 amide bonds. The van der Waals surface area contributed by atoms with Gasteiger partial charge in [0.05, 0.1) is 0 Å². The van der Waals surface area contributed by atoms with Crippen molar-refractivity contribution in [3.8, 4) is 0 Å². The van der Waals surface area contributed by atoms with E-state index in [1.54, 1.807) is 0 Å². The molecule has 0 radical (unpaired) electrons. The fourth-order valence-corrected chi connectivity index (χ4v) is 2.87. The molecule has 0 aliphatic rings. The monoisotopic (exact) mass is 348 g/mol. The molecule has 2 aromatic rings. The van der Waals surface area contributed by atoms with Gasteiger partial charge in [0, 0.05) is 21.4 Å². The largest absolute Gasteiger partial charge is 0.389 e. The molecular formula is C16H17BrN2S. The van der Waals surface area contributed by atoms with Crippen molar-refractivity contribution < 1.29 is 0 Å². The van der Waals surface area contributed by atoms with Gasteiger partial charge in [0.2, 0.25) is 0 Å². The van der Waals surface area contributed by atoms with Crippen LogP contribution < -0.4 is 11.1 Å². The fourth-order valence-electron chi connectivity index (χ4n) is 2.34. The summed E-state index contributed by atoms with van der Waals surface area (Å²) in [6, 6.07) is 10.2. The molecule has 0 heterocycles. The van der Waals surface area contributed by atoms with Crippen molar-refractivity contribution in [2.45, 2.75) is 20.8 Å². The van der Waals surface area contributed by atoms with Gasteiger partial charge in [-0.15, -0.1) is 0 Å². The van der Waals surface area contributed by atoms with Crippen LogP contribution in [0.3, 0.4) is 0 Å². The maximum absolute atomic E-state index is 5.81. The Balaban J connectivity index is 2.48. The quantitative estimate of drug-likeness (QED) is 0.785. The second-order valence-electron chi connectivity index (χ2n) is 4.95. The molecule has 2 aromatic carbocycles. The van der Waals surface area contributed by atoms with Crippen molar-refractivity contribution in [3.05, 3.63) is 57.1 Å². The number of nitrogens with two attached hydrogens (primary N) is 1. The van der Waals surface area contributed by atoms with Gasteiger partial charge in [-0.05, 0) is 50.1 Å². The molecule has 0 aliphatic carbocycles. The van der Waals surface area contributed by atoms with Crippen molar-refractivity contribution in [3.63, 3.8) is 0 Å². The number of hydrogen-bond donors (Lipinski definition) is 2. The Bertz CT molecular complexity index is 657. The third-order valence-electron chi connectivity index (χ3n) is 3.18. The Morgan fingerprint density at radius 3 is 2.25 bits per heavy atom. The van der Waals surface area contributed by atoms with E-state index in [-0.39, 0.29) is 0 Å². The van der Waals surface area contributed by atoms with E-state index < -0.39 is 0 Å². The number of nitrogens with one attached hydrogen (secondary N) is 1. The van der Waals surface area contributed by atoms with Gasteiger partial charge >= 0.3 is 0 Å². The molecule has 104 valence electrons. The molecule has 0 fully saturated rings. The summed E-state index contributed by atoms with van der Waals surface area (Å²) in [5, 5.41) is 3.46. The van der Waals surface area contributed by atoms with Crippen LogP contribution in [0, 0.1) is 20.8 Å². The Kier molecular flexibility index (Phi) is 4.45. The number of halogens is 1. The third-order valence-corrected chi connectivity index (χ3v) is 3.90. The first kappa shape index (κ1) is 15.0. The van der Waals surface area contributed by atoms with E-state index >= 15 is 0 Å². The van der Waals surface area contributed by atoms with Crippen LogP contribution in [0.4, 0.5) is 11.4 Å². The van der Waals surface area contributed by atoms with Gasteiger partial charge in [0.25, 0.3) is 0 Å². The highest BCUT2D eigenvalue weighted by molar-refractivity contribution is 9.10. The van der Waals surface area contributed by atoms with Gasteiger partial charge in [-0.2, -0.15) is 0 Å². The van der Waals surface area contributed by atoms with E-state index in [0.29, 0.717) is 4.99 Å². The highest BCUT2D eigenvalue weighted by atomic mass is 79.9. The van der Waals surface area contributed by atoms with E-state index in [1.807, 2.05) is 18.2 Å². The van der Waals surface area contributed by atoms with E-state index in [2.05, 4.69) is 54.2 Å². The third kappa shape index (κ3) is 3.19. The molecule has 0 bridgehead atoms. The van der Waals surface area contributed by atoms with E-state index in [1.165, 1.54) is 16.7 Å². The van der Waals surface area contributed by atoms with Crippen LogP contribution in [0.15, 0.2) is 34.8 Å². The lowest BCUT2D eigenvalue weighted by Gasteiger charge is -2.16. The van der Waals surface area contributed by atoms with Crippen LogP contribution in [0.2, 0.25) is 0 Å². The van der Waals surface area contributed by atoms with Crippen molar-refractivity contribution in [1.29, 1.82) is 0 Å². The van der Waals surface area contributed by atoms with Crippen molar-refractivity contribution >= 4 is 44.5 Å². The fraction of sp³-hybridized carbons (Fsp3) is 0.188. The summed E-state index contributed by atoms with van der Waals surface area (Å²) in [7, 11) is 0. The summed E-state index contributed by atoms with van der Waals surface area (Å²) in [5.74, 6) is 0. The van der Waals surface area contributed by atoms with Gasteiger partial charge in [0.1, 0.15) is 4.99 Å². The second-order valence-corrected chi connectivity index (χ2v) is 6.31. The number of aryl methyl sites for hydroxylation is 3. The van der Waals surface area contributed by atoms with E-state index in [9.17, 15) is 0 Å². The van der Waals surface area contributed by atoms with Crippen LogP contribution in [0.1, 0.15) is 22.3 Å². The summed E-state index contributed by atoms with van der Waals surface area (Å²) in [5.41, 5.74) is 12.4. The van der Waals surface area contributed by atoms with Crippen molar-refractivity contribution in [2.24, 2.45) is 5.73 Å². The number of rotatable bonds is 3. The minimum Gasteiger partial charge on any atom is -0.389 e. The first-order valence-corrected chi connectivity index (χ1v) is 7.53. The molecule has 0 saturated heterocycles. The number of thiocarbonyl (C=S) groups is 1. The highest BCUT2D eigenvalue weighted by Crippen LogP contribution is 2.29. The Morgan fingerprint density at radius 1 is 1.10 bits per heavy atom. The minimum absolute atomic E-state index is 0.385. The summed E-state index contributed by atoms with van der Waals surface area (Å²) in [6.07, 6.45) is 0. The van der Waals surface area contributed by atoms with Gasteiger partial charge in [-0.1, -0.05) is 45.8 Å². The number of benzene rings is 2. The molecule has 0 atom stereocenters. The zero-order chi connectivity index (χ0) is 14.9. The van der Waals surface area contributed by atoms with Crippen LogP contribution in [-0.2, 0) is 0 Å². The summed E-state index contributed by atoms with van der Waals surface area (Å²) in [6.45, 7) is 6.30. The van der Waals surface area contributed by atoms with Gasteiger partial charge in [0.15, 0.2) is 0 Å². The summed E-state index contributed by atoms with van der Waals surface area (Å²) >= 11 is 8.57. The Labute approximate surface area is 133 Å². The summed E-state index contributed by atoms with van der Waals surface area (Å²) < 4.78 is 0.961. The average molecular weight is 349 g/mol. The molecule has 4 heteroatoms. The van der Waals surface area contributed by atoms with Crippen LogP contribution in [0.5, 0.6) is 0 Å². The lowest BCUT2D eigenvalue weighted by atomic mass is 10.0. The van der Waals surface area contributed by atoms with Crippen LogP contribution in [0.25, 0.3) is 0 Å². The van der Waals surface area contributed by atoms with Gasteiger partial charge < -0.3 is 11.1 Å². The zero-order valence-corrected chi connectivity index (χ0v) is 14.2. The molecule has 0 unspecified atom stereocenters. The van der Waals surface area contributed by atoms with Crippen molar-refractivity contribution in [2.75, 3.05) is 5.32 Å². The molecule has 0 spiro atoms. The minimum atomic E-state index is 0.385. The molecule has 0 aliphatic heterocycles. The number of hydrogen-bond acceptors (Lipinski definition) is 2. The van der Waals surface area contributed by atoms with Gasteiger partial charge in [-0.25, -0.2) is 0 Å². The normalized spacial score (nSPS) is 10.4. The number of anilines is 2. The molecule has 2 rings (SSSR count). The lowest BCUT2D eigenvalue weighted by Crippen LogP contribution is -2.12. The standard InChI is InChI=1S/C16H17BrN2S/c1-9-6-10(2)15(11(3)7-9)19-14-5-4-12(17)8-13(14)16(18)20/h4-8,19H,1-3H3,(H2,18,20). The Morgan fingerprint density at radius 2 is 1.70 bits per heavy atom. The summed E-state index contributed by atoms with van der Waals surface area (Å²) in [4.78, 5) is 0.385. The maximum atomic E-state index is 5.81. The topological polar surface area (TPSA) is 38.0 Å². The average Bonchev–Trinajstić information content (AvgIpc) is 2.34. The molecule has 2 nitrogen and oxygen atoms in total. The SMILES string of the molecule is Cc1cc(C)c(Nc2ccc(Br)cc2C(N)=S)c(C)c1. The van der Waals surface area contributed by atoms with E-state index in [4.69, 9.17) is 18.0 Å². The second kappa shape index (κ2) is 5.94. The highest BCUT2D eigenvalue weighted by Gasteiger charge is 2.09. The van der Waals surface area contributed by atoms with Crippen LogP contribution in [-0.4, -0.2) is 4.99 Å². The smallest absolute Gasteiger partial charge is 0.106 e. The molecular weight excluding hydrogens is 332 g/mol. The maximum Gasteiger partial charge on any atom is 0.106 e. The first-order chi connectivity index (χ1) is 9.38.